The van der Waals surface area contributed by atoms with Crippen molar-refractivity contribution in [1.82, 2.24) is 9.88 Å². The first-order valence-corrected chi connectivity index (χ1v) is 8.52. The van der Waals surface area contributed by atoms with Crippen molar-refractivity contribution in [2.75, 3.05) is 6.54 Å². The molecule has 3 aromatic rings. The van der Waals surface area contributed by atoms with Crippen molar-refractivity contribution in [1.29, 1.82) is 0 Å². The molecule has 1 N–H and O–H groups in total. The maximum absolute atomic E-state index is 13.1. The predicted molar refractivity (Wildman–Crippen MR) is 97.3 cm³/mol. The Morgan fingerprint density at radius 2 is 1.75 bits per heavy atom. The van der Waals surface area contributed by atoms with E-state index in [4.69, 9.17) is 0 Å². The molecule has 1 saturated heterocycles. The van der Waals surface area contributed by atoms with Crippen LogP contribution in [0.1, 0.15) is 45.2 Å². The summed E-state index contributed by atoms with van der Waals surface area (Å²) < 4.78 is 0. The lowest BCUT2D eigenvalue weighted by atomic mass is 9.94. The normalized spacial score (nSPS) is 17.1. The van der Waals surface area contributed by atoms with E-state index in [1.54, 1.807) is 0 Å². The minimum absolute atomic E-state index is 0.114. The zero-order valence-electron chi connectivity index (χ0n) is 14.4. The number of aromatic nitrogens is 1. The average molecular weight is 318 g/mol. The summed E-state index contributed by atoms with van der Waals surface area (Å²) in [6, 6.07) is 14.7. The van der Waals surface area contributed by atoms with Crippen molar-refractivity contribution in [2.45, 2.75) is 33.2 Å². The number of nitrogens with one attached hydrogen (secondary N) is 1. The minimum Gasteiger partial charge on any atom is -0.350 e. The molecule has 3 heteroatoms. The van der Waals surface area contributed by atoms with E-state index in [2.05, 4.69) is 50.0 Å². The molecule has 0 aliphatic carbocycles. The molecule has 0 unspecified atom stereocenters. The molecule has 122 valence electrons. The molecule has 2 aromatic carbocycles. The fraction of sp³-hybridized carbons (Fsp3) is 0.286. The molecule has 2 heterocycles. The number of benzene rings is 2. The molecule has 0 bridgehead atoms. The molecule has 1 aromatic heterocycles. The number of rotatable bonds is 2. The summed E-state index contributed by atoms with van der Waals surface area (Å²) in [6.07, 6.45) is 1.03. The zero-order chi connectivity index (χ0) is 16.8. The van der Waals surface area contributed by atoms with Crippen molar-refractivity contribution in [3.63, 3.8) is 0 Å². The number of nitrogens with zero attached hydrogens (tertiary/aromatic N) is 1. The van der Waals surface area contributed by atoms with Gasteiger partial charge in [0.05, 0.1) is 6.04 Å². The number of aromatic amines is 1. The topological polar surface area (TPSA) is 36.1 Å². The van der Waals surface area contributed by atoms with Crippen LogP contribution in [-0.2, 0) is 0 Å². The smallest absolute Gasteiger partial charge is 0.271 e. The Kier molecular flexibility index (Phi) is 3.45. The molecule has 0 spiro atoms. The predicted octanol–water partition coefficient (Wildman–Crippen LogP) is 4.68. The third kappa shape index (κ3) is 2.15. The van der Waals surface area contributed by atoms with Crippen molar-refractivity contribution >= 4 is 16.8 Å². The molecule has 0 saturated carbocycles. The molecule has 1 atom stereocenters. The highest BCUT2D eigenvalue weighted by molar-refractivity contribution is 6.03. The third-order valence-electron chi connectivity index (χ3n) is 5.30. The second kappa shape index (κ2) is 5.52. The number of fused-ring (bicyclic) bond motifs is 1. The lowest BCUT2D eigenvalue weighted by Gasteiger charge is -2.41. The van der Waals surface area contributed by atoms with Crippen LogP contribution in [0.2, 0.25) is 0 Å². The number of carbonyl (C=O) groups excluding carboxylic acids is 1. The van der Waals surface area contributed by atoms with Gasteiger partial charge in [-0.1, -0.05) is 42.5 Å². The third-order valence-corrected chi connectivity index (χ3v) is 5.30. The summed E-state index contributed by atoms with van der Waals surface area (Å²) in [4.78, 5) is 18.5. The Balaban J connectivity index is 1.73. The maximum Gasteiger partial charge on any atom is 0.271 e. The van der Waals surface area contributed by atoms with E-state index in [0.29, 0.717) is 0 Å². The van der Waals surface area contributed by atoms with E-state index < -0.39 is 0 Å². The second-order valence-corrected chi connectivity index (χ2v) is 6.79. The number of aryl methyl sites for hydroxylation is 3. The summed E-state index contributed by atoms with van der Waals surface area (Å²) in [6.45, 7) is 7.07. The lowest BCUT2D eigenvalue weighted by Crippen LogP contribution is -2.45. The van der Waals surface area contributed by atoms with Gasteiger partial charge in [-0.15, -0.1) is 0 Å². The van der Waals surface area contributed by atoms with Crippen LogP contribution in [0.4, 0.5) is 0 Å². The molecular formula is C21H22N2O. The van der Waals surface area contributed by atoms with Crippen LogP contribution in [0.25, 0.3) is 10.9 Å². The largest absolute Gasteiger partial charge is 0.350 e. The van der Waals surface area contributed by atoms with Gasteiger partial charge < -0.3 is 9.88 Å². The van der Waals surface area contributed by atoms with Crippen LogP contribution in [0.15, 0.2) is 42.5 Å². The second-order valence-electron chi connectivity index (χ2n) is 6.79. The highest BCUT2D eigenvalue weighted by Crippen LogP contribution is 2.36. The van der Waals surface area contributed by atoms with Gasteiger partial charge in [-0.25, -0.2) is 0 Å². The van der Waals surface area contributed by atoms with Gasteiger partial charge in [0, 0.05) is 17.4 Å². The Bertz CT molecular complexity index is 924. The Hall–Kier alpha value is -2.55. The molecule has 3 nitrogen and oxygen atoms in total. The van der Waals surface area contributed by atoms with E-state index in [-0.39, 0.29) is 11.9 Å². The van der Waals surface area contributed by atoms with E-state index in [0.717, 1.165) is 29.7 Å². The Morgan fingerprint density at radius 1 is 1.04 bits per heavy atom. The SMILES string of the molecule is Cc1ccc(C)c2c(C)c(C(=O)N3CC[C@H]3c3ccccc3)[nH]c12. The summed E-state index contributed by atoms with van der Waals surface area (Å²) in [7, 11) is 0. The number of hydrogen-bond acceptors (Lipinski definition) is 1. The van der Waals surface area contributed by atoms with Gasteiger partial charge in [-0.05, 0) is 49.4 Å². The van der Waals surface area contributed by atoms with Crippen LogP contribution >= 0.6 is 0 Å². The van der Waals surface area contributed by atoms with Gasteiger partial charge in [0.2, 0.25) is 0 Å². The monoisotopic (exact) mass is 318 g/mol. The van der Waals surface area contributed by atoms with E-state index in [1.807, 2.05) is 23.1 Å². The van der Waals surface area contributed by atoms with Gasteiger partial charge in [0.25, 0.3) is 5.91 Å². The molecule has 24 heavy (non-hydrogen) atoms. The number of carbonyl (C=O) groups is 1. The van der Waals surface area contributed by atoms with Crippen LogP contribution in [-0.4, -0.2) is 22.3 Å². The van der Waals surface area contributed by atoms with E-state index in [1.165, 1.54) is 22.1 Å². The number of amides is 1. The van der Waals surface area contributed by atoms with Gasteiger partial charge in [-0.3, -0.25) is 4.79 Å². The highest BCUT2D eigenvalue weighted by atomic mass is 16.2. The average Bonchev–Trinajstić information content (AvgIpc) is 2.90. The molecule has 1 amide bonds. The molecule has 1 fully saturated rings. The van der Waals surface area contributed by atoms with E-state index >= 15 is 0 Å². The minimum atomic E-state index is 0.114. The Morgan fingerprint density at radius 3 is 2.38 bits per heavy atom. The molecule has 0 radical (unpaired) electrons. The number of H-pyrrole nitrogens is 1. The maximum atomic E-state index is 13.1. The summed E-state index contributed by atoms with van der Waals surface area (Å²) in [5, 5.41) is 1.19. The number of likely N-dealkylation sites (tertiary alicyclic amines) is 1. The fourth-order valence-electron chi connectivity index (χ4n) is 3.81. The first kappa shape index (κ1) is 15.0. The van der Waals surface area contributed by atoms with Crippen molar-refractivity contribution in [3.05, 3.63) is 70.4 Å². The zero-order valence-corrected chi connectivity index (χ0v) is 14.4. The van der Waals surface area contributed by atoms with Gasteiger partial charge in [0.15, 0.2) is 0 Å². The summed E-state index contributed by atoms with van der Waals surface area (Å²) >= 11 is 0. The molecule has 1 aliphatic rings. The van der Waals surface area contributed by atoms with Crippen LogP contribution in [0.3, 0.4) is 0 Å². The van der Waals surface area contributed by atoms with Crippen LogP contribution in [0.5, 0.6) is 0 Å². The van der Waals surface area contributed by atoms with E-state index in [9.17, 15) is 4.79 Å². The molecule has 4 rings (SSSR count). The Labute approximate surface area is 142 Å². The first-order chi connectivity index (χ1) is 11.6. The van der Waals surface area contributed by atoms with Crippen molar-refractivity contribution in [2.24, 2.45) is 0 Å². The fourth-order valence-corrected chi connectivity index (χ4v) is 3.81. The van der Waals surface area contributed by atoms with Gasteiger partial charge in [0.1, 0.15) is 5.69 Å². The van der Waals surface area contributed by atoms with Crippen LogP contribution < -0.4 is 0 Å². The standard InChI is InChI=1S/C21H22N2O/c1-13-9-10-14(2)19-18(13)15(3)20(22-19)21(24)23-12-11-17(23)16-7-5-4-6-8-16/h4-10,17,22H,11-12H2,1-3H3/t17-/m0/s1. The summed E-state index contributed by atoms with van der Waals surface area (Å²) in [5.74, 6) is 0.114. The number of hydrogen-bond donors (Lipinski definition) is 1. The van der Waals surface area contributed by atoms with Crippen LogP contribution in [0, 0.1) is 20.8 Å². The van der Waals surface area contributed by atoms with Gasteiger partial charge in [-0.2, -0.15) is 0 Å². The quantitative estimate of drug-likeness (QED) is 0.731. The van der Waals surface area contributed by atoms with Crippen molar-refractivity contribution < 1.29 is 4.79 Å². The first-order valence-electron chi connectivity index (χ1n) is 8.52. The lowest BCUT2D eigenvalue weighted by molar-refractivity contribution is 0.0454. The highest BCUT2D eigenvalue weighted by Gasteiger charge is 2.35. The molecular weight excluding hydrogens is 296 g/mol. The summed E-state index contributed by atoms with van der Waals surface area (Å²) in [5.41, 5.74) is 6.51. The molecule has 1 aliphatic heterocycles. The van der Waals surface area contributed by atoms with Gasteiger partial charge >= 0.3 is 0 Å². The van der Waals surface area contributed by atoms with Crippen molar-refractivity contribution in [3.8, 4) is 0 Å².